The van der Waals surface area contributed by atoms with E-state index in [2.05, 4.69) is 48.8 Å². The molecule has 37 heavy (non-hydrogen) atoms. The van der Waals surface area contributed by atoms with Gasteiger partial charge in [0.25, 0.3) is 0 Å². The molecule has 0 spiro atoms. The predicted molar refractivity (Wildman–Crippen MR) is 143 cm³/mol. The molecule has 3 aromatic rings. The van der Waals surface area contributed by atoms with Gasteiger partial charge in [-0.2, -0.15) is 13.2 Å². The summed E-state index contributed by atoms with van der Waals surface area (Å²) in [5.74, 6) is 0.364. The summed E-state index contributed by atoms with van der Waals surface area (Å²) in [6.45, 7) is 8.98. The minimum atomic E-state index is -4.61. The Balaban J connectivity index is 1.45. The first-order valence-corrected chi connectivity index (χ1v) is 16.9. The van der Waals surface area contributed by atoms with Crippen LogP contribution < -0.4 is 0 Å². The maximum Gasteiger partial charge on any atom is 0.451 e. The molecule has 1 aromatic carbocycles. The SMILES string of the molecule is CCC1CCC(c2ccc(-c3ccc(-c4nc(C(F)(F)F)n(COCC[Si](C)(C)C)n4)cc3)cn2)CC1. The fourth-order valence-electron chi connectivity index (χ4n) is 4.79. The zero-order chi connectivity index (χ0) is 26.6. The van der Waals surface area contributed by atoms with Gasteiger partial charge in [0, 0.05) is 43.6 Å². The molecule has 9 heteroatoms. The Kier molecular flexibility index (Phi) is 8.53. The van der Waals surface area contributed by atoms with Gasteiger partial charge in [0.15, 0.2) is 5.82 Å². The number of aromatic nitrogens is 4. The van der Waals surface area contributed by atoms with E-state index in [1.165, 1.54) is 32.1 Å². The van der Waals surface area contributed by atoms with Crippen LogP contribution in [0.2, 0.25) is 25.7 Å². The van der Waals surface area contributed by atoms with E-state index >= 15 is 0 Å². The molecule has 0 bridgehead atoms. The molecule has 0 aliphatic heterocycles. The van der Waals surface area contributed by atoms with Crippen molar-refractivity contribution in [1.29, 1.82) is 0 Å². The highest BCUT2D eigenvalue weighted by Crippen LogP contribution is 2.36. The van der Waals surface area contributed by atoms with Gasteiger partial charge >= 0.3 is 6.18 Å². The maximum absolute atomic E-state index is 13.6. The van der Waals surface area contributed by atoms with Crippen molar-refractivity contribution in [1.82, 2.24) is 19.7 Å². The number of pyridine rings is 1. The zero-order valence-electron chi connectivity index (χ0n) is 22.2. The number of hydrogen-bond donors (Lipinski definition) is 0. The molecule has 1 fully saturated rings. The van der Waals surface area contributed by atoms with Crippen LogP contribution in [0.3, 0.4) is 0 Å². The van der Waals surface area contributed by atoms with Gasteiger partial charge < -0.3 is 4.74 Å². The summed E-state index contributed by atoms with van der Waals surface area (Å²) < 4.78 is 47.1. The molecule has 4 rings (SSSR count). The van der Waals surface area contributed by atoms with Crippen molar-refractivity contribution < 1.29 is 17.9 Å². The Morgan fingerprint density at radius 2 is 1.59 bits per heavy atom. The van der Waals surface area contributed by atoms with E-state index in [1.807, 2.05) is 18.3 Å². The van der Waals surface area contributed by atoms with Crippen molar-refractivity contribution in [2.75, 3.05) is 6.61 Å². The van der Waals surface area contributed by atoms with E-state index in [1.54, 1.807) is 12.1 Å². The lowest BCUT2D eigenvalue weighted by Gasteiger charge is -2.27. The molecule has 0 N–H and O–H groups in total. The van der Waals surface area contributed by atoms with Gasteiger partial charge in [-0.1, -0.05) is 63.3 Å². The summed E-state index contributed by atoms with van der Waals surface area (Å²) in [5.41, 5.74) is 3.59. The Morgan fingerprint density at radius 1 is 0.946 bits per heavy atom. The van der Waals surface area contributed by atoms with E-state index in [0.29, 0.717) is 18.1 Å². The minimum absolute atomic E-state index is 0.0313. The maximum atomic E-state index is 13.6. The minimum Gasteiger partial charge on any atom is -0.359 e. The van der Waals surface area contributed by atoms with Gasteiger partial charge in [0.05, 0.1) is 0 Å². The molecule has 0 atom stereocenters. The summed E-state index contributed by atoms with van der Waals surface area (Å²) >= 11 is 0. The molecule has 5 nitrogen and oxygen atoms in total. The number of nitrogens with zero attached hydrogens (tertiary/aromatic N) is 4. The molecule has 0 radical (unpaired) electrons. The summed E-state index contributed by atoms with van der Waals surface area (Å²) in [7, 11) is -1.34. The van der Waals surface area contributed by atoms with Crippen LogP contribution in [-0.2, 0) is 17.6 Å². The third-order valence-corrected chi connectivity index (χ3v) is 8.94. The number of ether oxygens (including phenoxy) is 1. The third kappa shape index (κ3) is 7.28. The second kappa shape index (κ2) is 11.5. The first kappa shape index (κ1) is 27.5. The average molecular weight is 531 g/mol. The van der Waals surface area contributed by atoms with Crippen LogP contribution in [0.25, 0.3) is 22.5 Å². The largest absolute Gasteiger partial charge is 0.451 e. The first-order valence-electron chi connectivity index (χ1n) is 13.2. The van der Waals surface area contributed by atoms with Gasteiger partial charge in [0.2, 0.25) is 5.82 Å². The van der Waals surface area contributed by atoms with E-state index < -0.39 is 20.1 Å². The van der Waals surface area contributed by atoms with Crippen LogP contribution in [0.4, 0.5) is 13.2 Å². The highest BCUT2D eigenvalue weighted by molar-refractivity contribution is 6.76. The topological polar surface area (TPSA) is 52.8 Å². The summed E-state index contributed by atoms with van der Waals surface area (Å²) in [5, 5.41) is 4.12. The van der Waals surface area contributed by atoms with E-state index in [4.69, 9.17) is 9.72 Å². The Hall–Kier alpha value is -2.52. The van der Waals surface area contributed by atoms with Crippen LogP contribution in [0.1, 0.15) is 56.5 Å². The van der Waals surface area contributed by atoms with Gasteiger partial charge in [-0.3, -0.25) is 4.98 Å². The average Bonchev–Trinajstić information content (AvgIpc) is 3.31. The van der Waals surface area contributed by atoms with E-state index in [-0.39, 0.29) is 12.6 Å². The summed E-state index contributed by atoms with van der Waals surface area (Å²) in [6.07, 6.45) is 3.48. The number of halogens is 3. The molecule has 1 saturated carbocycles. The molecule has 1 aliphatic carbocycles. The number of hydrogen-bond acceptors (Lipinski definition) is 4. The van der Waals surface area contributed by atoms with Crippen LogP contribution in [-0.4, -0.2) is 34.4 Å². The van der Waals surface area contributed by atoms with Gasteiger partial charge in [0.1, 0.15) is 6.73 Å². The molecule has 0 saturated heterocycles. The Morgan fingerprint density at radius 3 is 2.16 bits per heavy atom. The zero-order valence-corrected chi connectivity index (χ0v) is 23.2. The molecule has 2 aromatic heterocycles. The lowest BCUT2D eigenvalue weighted by molar-refractivity contribution is -0.150. The van der Waals surface area contributed by atoms with Crippen molar-refractivity contribution >= 4 is 8.07 Å². The lowest BCUT2D eigenvalue weighted by Crippen LogP contribution is -2.23. The number of rotatable bonds is 9. The Labute approximate surface area is 218 Å². The van der Waals surface area contributed by atoms with Crippen molar-refractivity contribution in [3.63, 3.8) is 0 Å². The molecular weight excluding hydrogens is 493 g/mol. The smallest absolute Gasteiger partial charge is 0.359 e. The molecular formula is C28H37F3N4OSi. The summed E-state index contributed by atoms with van der Waals surface area (Å²) in [4.78, 5) is 8.54. The van der Waals surface area contributed by atoms with Crippen LogP contribution in [0, 0.1) is 5.92 Å². The second-order valence-corrected chi connectivity index (χ2v) is 16.9. The summed E-state index contributed by atoms with van der Waals surface area (Å²) in [6, 6.07) is 12.3. The number of benzene rings is 1. The van der Waals surface area contributed by atoms with Crippen molar-refractivity contribution in [2.24, 2.45) is 5.92 Å². The monoisotopic (exact) mass is 530 g/mol. The second-order valence-electron chi connectivity index (χ2n) is 11.3. The molecule has 0 amide bonds. The fourth-order valence-corrected chi connectivity index (χ4v) is 5.55. The van der Waals surface area contributed by atoms with Crippen molar-refractivity contribution in [2.45, 2.75) is 83.5 Å². The molecule has 200 valence electrons. The highest BCUT2D eigenvalue weighted by atomic mass is 28.3. The highest BCUT2D eigenvalue weighted by Gasteiger charge is 2.38. The molecule has 0 unspecified atom stereocenters. The molecule has 2 heterocycles. The van der Waals surface area contributed by atoms with E-state index in [9.17, 15) is 13.2 Å². The quantitative estimate of drug-likeness (QED) is 0.208. The van der Waals surface area contributed by atoms with Gasteiger partial charge in [-0.05, 0) is 49.3 Å². The van der Waals surface area contributed by atoms with Crippen LogP contribution in [0.15, 0.2) is 42.6 Å². The lowest BCUT2D eigenvalue weighted by atomic mass is 9.79. The van der Waals surface area contributed by atoms with Crippen molar-refractivity contribution in [3.05, 3.63) is 54.1 Å². The van der Waals surface area contributed by atoms with Gasteiger partial charge in [-0.15, -0.1) is 5.10 Å². The van der Waals surface area contributed by atoms with Crippen LogP contribution >= 0.6 is 0 Å². The normalized spacial score (nSPS) is 18.8. The van der Waals surface area contributed by atoms with Crippen LogP contribution in [0.5, 0.6) is 0 Å². The Bertz CT molecular complexity index is 1150. The standard InChI is InChI=1S/C28H37F3N4OSi/c1-5-20-6-8-22(9-7-20)25-15-14-24(18-32-25)21-10-12-23(13-11-21)26-33-27(28(29,30)31)35(34-26)19-36-16-17-37(2,3)4/h10-15,18,20,22H,5-9,16-17,19H2,1-4H3. The van der Waals surface area contributed by atoms with E-state index in [0.717, 1.165) is 33.5 Å². The predicted octanol–water partition coefficient (Wildman–Crippen LogP) is 8.02. The number of alkyl halides is 3. The van der Waals surface area contributed by atoms with Gasteiger partial charge in [-0.25, -0.2) is 9.67 Å². The van der Waals surface area contributed by atoms with Crippen molar-refractivity contribution in [3.8, 4) is 22.5 Å². The molecule has 1 aliphatic rings. The first-order chi connectivity index (χ1) is 17.5. The fraction of sp³-hybridized carbons (Fsp3) is 0.536. The third-order valence-electron chi connectivity index (χ3n) is 7.24.